The Bertz CT molecular complexity index is 605. The highest BCUT2D eigenvalue weighted by Gasteiger charge is 2.21. The molecule has 0 aromatic carbocycles. The van der Waals surface area contributed by atoms with Gasteiger partial charge in [0, 0.05) is 17.9 Å². The van der Waals surface area contributed by atoms with Gasteiger partial charge < -0.3 is 5.11 Å². The minimum Gasteiger partial charge on any atom is -0.392 e. The fourth-order valence-electron chi connectivity index (χ4n) is 2.91. The third kappa shape index (κ3) is 6.98. The molecule has 26 heavy (non-hydrogen) atoms. The molecule has 1 aliphatic carbocycles. The summed E-state index contributed by atoms with van der Waals surface area (Å²) in [7, 11) is 0. The van der Waals surface area contributed by atoms with Crippen LogP contribution in [0.3, 0.4) is 0 Å². The largest absolute Gasteiger partial charge is 0.392 e. The van der Waals surface area contributed by atoms with Gasteiger partial charge in [-0.2, -0.15) is 0 Å². The van der Waals surface area contributed by atoms with Crippen molar-refractivity contribution in [2.24, 2.45) is 11.0 Å². The molecular weight excluding hydrogens is 328 g/mol. The highest BCUT2D eigenvalue weighted by molar-refractivity contribution is 6.07. The number of carbonyl (C=O) groups excluding carboxylic acids is 1. The molecule has 0 fully saturated rings. The molecule has 4 N–H and O–H groups in total. The summed E-state index contributed by atoms with van der Waals surface area (Å²) in [6.45, 7) is 2.07. The summed E-state index contributed by atoms with van der Waals surface area (Å²) >= 11 is 0. The van der Waals surface area contributed by atoms with Gasteiger partial charge in [-0.3, -0.25) is 10.2 Å². The second-order valence-electron chi connectivity index (χ2n) is 6.51. The van der Waals surface area contributed by atoms with E-state index < -0.39 is 6.10 Å². The Balaban J connectivity index is 1.71. The van der Waals surface area contributed by atoms with E-state index in [1.165, 1.54) is 0 Å². The van der Waals surface area contributed by atoms with E-state index in [-0.39, 0.29) is 11.7 Å². The van der Waals surface area contributed by atoms with Crippen LogP contribution in [0.25, 0.3) is 0 Å². The third-order valence-electron chi connectivity index (χ3n) is 4.38. The fourth-order valence-corrected chi connectivity index (χ4v) is 2.91. The van der Waals surface area contributed by atoms with Gasteiger partial charge in [0.15, 0.2) is 5.78 Å². The summed E-state index contributed by atoms with van der Waals surface area (Å²) in [5, 5.41) is 14.0. The van der Waals surface area contributed by atoms with Crippen molar-refractivity contribution in [3.63, 3.8) is 0 Å². The van der Waals surface area contributed by atoms with Crippen LogP contribution in [-0.2, 0) is 4.79 Å². The number of aliphatic hydroxyl groups excluding tert-OH is 1. The molecule has 2 atom stereocenters. The summed E-state index contributed by atoms with van der Waals surface area (Å²) in [6, 6.07) is 0. The Morgan fingerprint density at radius 2 is 2.15 bits per heavy atom. The molecule has 0 saturated carbocycles. The molecule has 0 saturated heterocycles. The normalized spacial score (nSPS) is 22.4. The predicted molar refractivity (Wildman–Crippen MR) is 105 cm³/mol. The Kier molecular flexibility index (Phi) is 8.86. The minimum absolute atomic E-state index is 0.0741. The van der Waals surface area contributed by atoms with Crippen LogP contribution in [-0.4, -0.2) is 22.8 Å². The number of carbonyl (C=O) groups is 1. The van der Waals surface area contributed by atoms with E-state index in [2.05, 4.69) is 46.7 Å². The highest BCUT2D eigenvalue weighted by atomic mass is 16.3. The van der Waals surface area contributed by atoms with Crippen molar-refractivity contribution in [2.45, 2.75) is 58.0 Å². The maximum absolute atomic E-state index is 12.0. The molecule has 0 aromatic heterocycles. The van der Waals surface area contributed by atoms with Crippen LogP contribution in [0.5, 0.6) is 0 Å². The molecule has 0 unspecified atom stereocenters. The van der Waals surface area contributed by atoms with Gasteiger partial charge in [-0.05, 0) is 44.6 Å². The van der Waals surface area contributed by atoms with E-state index in [4.69, 9.17) is 0 Å². The topological polar surface area (TPSA) is 85.8 Å². The van der Waals surface area contributed by atoms with Gasteiger partial charge in [0.05, 0.1) is 6.10 Å². The Labute approximate surface area is 155 Å². The zero-order valence-corrected chi connectivity index (χ0v) is 15.4. The molecule has 6 heteroatoms. The number of hydrogen-bond donors (Lipinski definition) is 4. The van der Waals surface area contributed by atoms with Crippen LogP contribution in [0.2, 0.25) is 0 Å². The number of nitrogens with zero attached hydrogens (tertiary/aromatic N) is 1. The highest BCUT2D eigenvalue weighted by Crippen LogP contribution is 2.26. The standard InChI is InChI=1S/C20H30N4O2/c1-2-3-6-10-17(25)13-14-18-16(12-15-19(18)26)9-7-4-5-8-11-20-21-23-24-22-20/h3-4,6-7,12,14-17,23-25H,2,5,8-11,13H2,1H3,(H,21,22)/b6-3-,7-4-,18-14+/t16-,17-/m0/s1. The number of unbranched alkanes of at least 4 members (excludes halogenated alkanes) is 1. The van der Waals surface area contributed by atoms with Gasteiger partial charge in [-0.1, -0.05) is 43.4 Å². The van der Waals surface area contributed by atoms with Crippen LogP contribution in [0.15, 0.2) is 53.2 Å². The second-order valence-corrected chi connectivity index (χ2v) is 6.51. The smallest absolute Gasteiger partial charge is 0.181 e. The van der Waals surface area contributed by atoms with Crippen molar-refractivity contribution in [3.05, 3.63) is 48.1 Å². The number of allylic oxidation sites excluding steroid dienone is 6. The molecule has 6 nitrogen and oxygen atoms in total. The molecule has 0 radical (unpaired) electrons. The average Bonchev–Trinajstić information content (AvgIpc) is 3.26. The van der Waals surface area contributed by atoms with Gasteiger partial charge >= 0.3 is 0 Å². The number of hydrogen-bond acceptors (Lipinski definition) is 6. The zero-order chi connectivity index (χ0) is 18.6. The minimum atomic E-state index is -0.425. The van der Waals surface area contributed by atoms with E-state index >= 15 is 0 Å². The number of amidine groups is 1. The monoisotopic (exact) mass is 358 g/mol. The molecule has 0 bridgehead atoms. The van der Waals surface area contributed by atoms with Crippen LogP contribution in [0, 0.1) is 5.92 Å². The van der Waals surface area contributed by atoms with Crippen LogP contribution >= 0.6 is 0 Å². The van der Waals surface area contributed by atoms with E-state index in [9.17, 15) is 9.90 Å². The lowest BCUT2D eigenvalue weighted by Crippen LogP contribution is -2.34. The zero-order valence-electron chi connectivity index (χ0n) is 15.4. The molecular formula is C20H30N4O2. The van der Waals surface area contributed by atoms with Crippen molar-refractivity contribution in [1.82, 2.24) is 16.5 Å². The van der Waals surface area contributed by atoms with Crippen LogP contribution in [0.4, 0.5) is 0 Å². The lowest BCUT2D eigenvalue weighted by atomic mass is 9.96. The molecule has 0 spiro atoms. The molecule has 0 amide bonds. The lowest BCUT2D eigenvalue weighted by molar-refractivity contribution is -0.111. The number of ketones is 1. The molecule has 2 rings (SSSR count). The maximum Gasteiger partial charge on any atom is 0.181 e. The Hall–Kier alpha value is -2.18. The summed E-state index contributed by atoms with van der Waals surface area (Å²) in [6.07, 6.45) is 19.3. The van der Waals surface area contributed by atoms with Crippen LogP contribution in [0.1, 0.15) is 51.9 Å². The molecule has 1 heterocycles. The van der Waals surface area contributed by atoms with Gasteiger partial charge in [-0.15, -0.1) is 10.6 Å². The van der Waals surface area contributed by atoms with E-state index in [0.29, 0.717) is 12.8 Å². The summed E-state index contributed by atoms with van der Waals surface area (Å²) < 4.78 is 0. The third-order valence-corrected chi connectivity index (χ3v) is 4.38. The first-order valence-electron chi connectivity index (χ1n) is 9.44. The quantitative estimate of drug-likeness (QED) is 0.259. The first-order valence-corrected chi connectivity index (χ1v) is 9.44. The van der Waals surface area contributed by atoms with E-state index in [1.807, 2.05) is 18.2 Å². The second kappa shape index (κ2) is 11.4. The predicted octanol–water partition coefficient (Wildman–Crippen LogP) is 2.82. The number of aliphatic hydroxyl groups is 1. The number of nitrogens with one attached hydrogen (secondary N) is 3. The van der Waals surface area contributed by atoms with Crippen molar-refractivity contribution in [2.75, 3.05) is 0 Å². The van der Waals surface area contributed by atoms with Gasteiger partial charge in [-0.25, -0.2) is 5.53 Å². The summed E-state index contributed by atoms with van der Waals surface area (Å²) in [5.41, 5.74) is 9.10. The molecule has 142 valence electrons. The maximum atomic E-state index is 12.0. The fraction of sp³-hybridized carbons (Fsp3) is 0.500. The molecule has 0 aromatic rings. The summed E-state index contributed by atoms with van der Waals surface area (Å²) in [5.74, 6) is 1.12. The van der Waals surface area contributed by atoms with Crippen molar-refractivity contribution >= 4 is 11.6 Å². The van der Waals surface area contributed by atoms with Gasteiger partial charge in [0.25, 0.3) is 0 Å². The van der Waals surface area contributed by atoms with Crippen molar-refractivity contribution < 1.29 is 9.90 Å². The Morgan fingerprint density at radius 3 is 2.92 bits per heavy atom. The summed E-state index contributed by atoms with van der Waals surface area (Å²) in [4.78, 5) is 12.0. The molecule has 1 aliphatic heterocycles. The number of rotatable bonds is 11. The number of hydrazine groups is 2. The SMILES string of the molecule is CC/C=C\C[C@H](O)C/C=C1/C(=O)C=C[C@@H]1C/C=C\CCCC1=NNNN1. The van der Waals surface area contributed by atoms with Crippen molar-refractivity contribution in [1.29, 1.82) is 0 Å². The van der Waals surface area contributed by atoms with Gasteiger partial charge in [0.2, 0.25) is 0 Å². The van der Waals surface area contributed by atoms with E-state index in [0.717, 1.165) is 43.5 Å². The first-order chi connectivity index (χ1) is 12.7. The van der Waals surface area contributed by atoms with Gasteiger partial charge in [0.1, 0.15) is 5.84 Å². The average molecular weight is 358 g/mol. The van der Waals surface area contributed by atoms with Crippen molar-refractivity contribution in [3.8, 4) is 0 Å². The Morgan fingerprint density at radius 1 is 1.27 bits per heavy atom. The van der Waals surface area contributed by atoms with E-state index in [1.54, 1.807) is 6.08 Å². The number of hydrazone groups is 1. The first kappa shape index (κ1) is 20.1. The molecule has 2 aliphatic rings. The van der Waals surface area contributed by atoms with Crippen LogP contribution < -0.4 is 16.5 Å². The lowest BCUT2D eigenvalue weighted by Gasteiger charge is -2.10.